The van der Waals surface area contributed by atoms with Gasteiger partial charge in [0.15, 0.2) is 0 Å². The number of hydrogen-bond acceptors (Lipinski definition) is 4. The number of non-ortho nitro benzene ring substituents is 1. The predicted octanol–water partition coefficient (Wildman–Crippen LogP) is 7.98. The van der Waals surface area contributed by atoms with E-state index in [1.165, 1.54) is 114 Å². The Hall–Kier alpha value is -1.91. The second-order valence-corrected chi connectivity index (χ2v) is 8.34. The third-order valence-corrected chi connectivity index (χ3v) is 5.59. The first-order valence-corrected chi connectivity index (χ1v) is 12.1. The van der Waals surface area contributed by atoms with Gasteiger partial charge in [0.25, 0.3) is 5.69 Å². The Balaban J connectivity index is 1.91. The monoisotopic (exact) mass is 418 g/mol. The van der Waals surface area contributed by atoms with Gasteiger partial charge in [-0.15, -0.1) is 0 Å². The summed E-state index contributed by atoms with van der Waals surface area (Å²) in [5.74, 6) is 0.0244. The van der Waals surface area contributed by atoms with Crippen molar-refractivity contribution in [1.29, 1.82) is 0 Å². The van der Waals surface area contributed by atoms with Crippen molar-refractivity contribution in [3.05, 3.63) is 33.9 Å². The molecular weight excluding hydrogens is 376 g/mol. The fourth-order valence-electron chi connectivity index (χ4n) is 3.67. The van der Waals surface area contributed by atoms with Crippen LogP contribution in [0.25, 0.3) is 0 Å². The summed E-state index contributed by atoms with van der Waals surface area (Å²) in [7, 11) is 0. The van der Waals surface area contributed by atoms with Gasteiger partial charge in [-0.2, -0.15) is 0 Å². The number of nitro groups is 1. The molecule has 0 radical (unpaired) electrons. The first-order valence-electron chi connectivity index (χ1n) is 12.1. The van der Waals surface area contributed by atoms with Gasteiger partial charge in [0, 0.05) is 30.5 Å². The molecule has 0 bridgehead atoms. The Kier molecular flexibility index (Phi) is 15.6. The topological polar surface area (TPSA) is 75.7 Å². The number of phenolic OH excluding ortho intramolecular Hbond substituents is 1. The molecule has 0 spiro atoms. The van der Waals surface area contributed by atoms with Crippen LogP contribution in [0, 0.1) is 10.1 Å². The van der Waals surface area contributed by atoms with Crippen LogP contribution in [0.4, 0.5) is 5.69 Å². The van der Waals surface area contributed by atoms with Gasteiger partial charge < -0.3 is 5.11 Å². The SMILES string of the molecule is CCCCCCCCCCCCCCCCCCN=Cc1cc([N+](=O)[O-])ccc1O. The number of nitrogens with zero attached hydrogens (tertiary/aromatic N) is 2. The number of benzene rings is 1. The fourth-order valence-corrected chi connectivity index (χ4v) is 3.67. The molecule has 0 atom stereocenters. The van der Waals surface area contributed by atoms with E-state index in [-0.39, 0.29) is 11.4 Å². The van der Waals surface area contributed by atoms with Gasteiger partial charge in [-0.3, -0.25) is 15.1 Å². The summed E-state index contributed by atoms with van der Waals surface area (Å²) in [6.45, 7) is 2.97. The molecule has 1 aromatic rings. The summed E-state index contributed by atoms with van der Waals surface area (Å²) in [5, 5.41) is 20.5. The zero-order valence-corrected chi connectivity index (χ0v) is 19.0. The molecule has 30 heavy (non-hydrogen) atoms. The van der Waals surface area contributed by atoms with Crippen molar-refractivity contribution in [2.24, 2.45) is 4.99 Å². The number of rotatable bonds is 19. The maximum atomic E-state index is 10.8. The molecule has 0 amide bonds. The first-order chi connectivity index (χ1) is 14.6. The second-order valence-electron chi connectivity index (χ2n) is 8.34. The summed E-state index contributed by atoms with van der Waals surface area (Å²) in [4.78, 5) is 14.6. The van der Waals surface area contributed by atoms with E-state index >= 15 is 0 Å². The molecule has 1 aromatic carbocycles. The highest BCUT2D eigenvalue weighted by Gasteiger charge is 2.08. The average Bonchev–Trinajstić information content (AvgIpc) is 2.74. The normalized spacial score (nSPS) is 11.4. The smallest absolute Gasteiger partial charge is 0.270 e. The molecule has 0 aliphatic heterocycles. The minimum absolute atomic E-state index is 0.0244. The van der Waals surface area contributed by atoms with Crippen LogP contribution in [-0.2, 0) is 0 Å². The van der Waals surface area contributed by atoms with Crippen LogP contribution in [0.5, 0.6) is 5.75 Å². The molecule has 0 saturated carbocycles. The number of aromatic hydroxyl groups is 1. The Labute approximate surface area is 183 Å². The minimum Gasteiger partial charge on any atom is -0.507 e. The van der Waals surface area contributed by atoms with Gasteiger partial charge in [0.2, 0.25) is 0 Å². The lowest BCUT2D eigenvalue weighted by molar-refractivity contribution is -0.384. The minimum atomic E-state index is -0.466. The van der Waals surface area contributed by atoms with E-state index in [1.54, 1.807) is 0 Å². The fraction of sp³-hybridized carbons (Fsp3) is 0.720. The highest BCUT2D eigenvalue weighted by atomic mass is 16.6. The summed E-state index contributed by atoms with van der Waals surface area (Å²) in [5.41, 5.74) is 0.373. The third kappa shape index (κ3) is 13.3. The molecule has 0 aromatic heterocycles. The molecule has 0 saturated heterocycles. The number of nitro benzene ring substituents is 1. The van der Waals surface area contributed by atoms with Crippen LogP contribution in [0.2, 0.25) is 0 Å². The lowest BCUT2D eigenvalue weighted by atomic mass is 10.0. The van der Waals surface area contributed by atoms with Gasteiger partial charge in [0.1, 0.15) is 5.75 Å². The molecule has 0 unspecified atom stereocenters. The van der Waals surface area contributed by atoms with Crippen LogP contribution in [0.1, 0.15) is 115 Å². The Morgan fingerprint density at radius 2 is 1.30 bits per heavy atom. The highest BCUT2D eigenvalue weighted by molar-refractivity contribution is 5.84. The second kappa shape index (κ2) is 17.9. The maximum Gasteiger partial charge on any atom is 0.270 e. The van der Waals surface area contributed by atoms with Crippen LogP contribution >= 0.6 is 0 Å². The molecule has 1 rings (SSSR count). The van der Waals surface area contributed by atoms with Crippen molar-refractivity contribution in [1.82, 2.24) is 0 Å². The van der Waals surface area contributed by atoms with Crippen molar-refractivity contribution in [2.45, 2.75) is 110 Å². The Morgan fingerprint density at radius 1 is 0.833 bits per heavy atom. The van der Waals surface area contributed by atoms with Gasteiger partial charge in [-0.25, -0.2) is 0 Å². The average molecular weight is 419 g/mol. The van der Waals surface area contributed by atoms with E-state index in [1.807, 2.05) is 0 Å². The quantitative estimate of drug-likeness (QED) is 0.107. The van der Waals surface area contributed by atoms with Crippen LogP contribution in [-0.4, -0.2) is 22.8 Å². The zero-order chi connectivity index (χ0) is 21.9. The largest absolute Gasteiger partial charge is 0.507 e. The van der Waals surface area contributed by atoms with E-state index in [0.717, 1.165) is 12.8 Å². The van der Waals surface area contributed by atoms with E-state index < -0.39 is 4.92 Å². The number of unbranched alkanes of at least 4 members (excludes halogenated alkanes) is 15. The Bertz CT molecular complexity index is 602. The number of phenols is 1. The van der Waals surface area contributed by atoms with E-state index in [4.69, 9.17) is 0 Å². The van der Waals surface area contributed by atoms with Crippen molar-refractivity contribution in [3.8, 4) is 5.75 Å². The number of hydrogen-bond donors (Lipinski definition) is 1. The van der Waals surface area contributed by atoms with Gasteiger partial charge >= 0.3 is 0 Å². The summed E-state index contributed by atoms with van der Waals surface area (Å²) in [6, 6.07) is 3.99. The summed E-state index contributed by atoms with van der Waals surface area (Å²) < 4.78 is 0. The lowest BCUT2D eigenvalue weighted by Gasteiger charge is -2.03. The summed E-state index contributed by atoms with van der Waals surface area (Å²) >= 11 is 0. The van der Waals surface area contributed by atoms with E-state index in [2.05, 4.69) is 11.9 Å². The highest BCUT2D eigenvalue weighted by Crippen LogP contribution is 2.21. The maximum absolute atomic E-state index is 10.8. The van der Waals surface area contributed by atoms with E-state index in [9.17, 15) is 15.2 Å². The lowest BCUT2D eigenvalue weighted by Crippen LogP contribution is -1.91. The molecule has 0 aliphatic rings. The summed E-state index contributed by atoms with van der Waals surface area (Å²) in [6.07, 6.45) is 23.0. The van der Waals surface area contributed by atoms with Gasteiger partial charge in [-0.1, -0.05) is 103 Å². The van der Waals surface area contributed by atoms with Crippen molar-refractivity contribution >= 4 is 11.9 Å². The molecule has 0 fully saturated rings. The third-order valence-electron chi connectivity index (χ3n) is 5.59. The van der Waals surface area contributed by atoms with Crippen molar-refractivity contribution in [3.63, 3.8) is 0 Å². The molecule has 0 aliphatic carbocycles. The molecule has 0 heterocycles. The van der Waals surface area contributed by atoms with Crippen molar-refractivity contribution < 1.29 is 10.0 Å². The van der Waals surface area contributed by atoms with Gasteiger partial charge in [0.05, 0.1) is 4.92 Å². The standard InChI is InChI=1S/C25H42N2O3/c1-2-3-4-5-6-7-8-9-10-11-12-13-14-15-16-17-20-26-22-23-21-24(27(29)30)18-19-25(23)28/h18-19,21-22,28H,2-17,20H2,1H3. The zero-order valence-electron chi connectivity index (χ0n) is 19.0. The molecular formula is C25H42N2O3. The molecule has 5 heteroatoms. The molecule has 170 valence electrons. The number of aliphatic imine (C=N–C) groups is 1. The van der Waals surface area contributed by atoms with Gasteiger partial charge in [-0.05, 0) is 12.5 Å². The van der Waals surface area contributed by atoms with Crippen LogP contribution < -0.4 is 0 Å². The van der Waals surface area contributed by atoms with Crippen LogP contribution in [0.3, 0.4) is 0 Å². The predicted molar refractivity (Wildman–Crippen MR) is 127 cm³/mol. The Morgan fingerprint density at radius 3 is 1.77 bits per heavy atom. The molecule has 5 nitrogen and oxygen atoms in total. The molecule has 1 N–H and O–H groups in total. The first kappa shape index (κ1) is 26.1. The van der Waals surface area contributed by atoms with Crippen molar-refractivity contribution in [2.75, 3.05) is 6.54 Å². The van der Waals surface area contributed by atoms with E-state index in [0.29, 0.717) is 12.1 Å². The van der Waals surface area contributed by atoms with Crippen LogP contribution in [0.15, 0.2) is 23.2 Å².